The summed E-state index contributed by atoms with van der Waals surface area (Å²) in [4.78, 5) is 29.3. The molecule has 0 saturated heterocycles. The molecule has 0 spiro atoms. The summed E-state index contributed by atoms with van der Waals surface area (Å²) in [7, 11) is -3.37. The molecule has 1 aromatic heterocycles. The minimum atomic E-state index is -3.37. The van der Waals surface area contributed by atoms with Gasteiger partial charge in [0.1, 0.15) is 0 Å². The number of aromatic nitrogens is 1. The van der Waals surface area contributed by atoms with Crippen LogP contribution in [0.15, 0.2) is 45.8 Å². The zero-order chi connectivity index (χ0) is 20.0. The number of carbonyl (C=O) groups excluding carboxylic acids is 2. The molecule has 2 atom stereocenters. The number of hydrogen-bond acceptors (Lipinski definition) is 6. The van der Waals surface area contributed by atoms with Crippen LogP contribution in [0.5, 0.6) is 0 Å². The third kappa shape index (κ3) is 3.66. The summed E-state index contributed by atoms with van der Waals surface area (Å²) in [6.07, 6.45) is 5.58. The van der Waals surface area contributed by atoms with Crippen molar-refractivity contribution in [3.63, 3.8) is 0 Å². The number of thiazole rings is 1. The highest BCUT2D eigenvalue weighted by Gasteiger charge is 2.49. The highest BCUT2D eigenvalue weighted by atomic mass is 79.9. The first-order valence-electron chi connectivity index (χ1n) is 7.46. The molecule has 2 aromatic rings. The minimum Gasteiger partial charge on any atom is -0.368 e. The zero-order valence-corrected chi connectivity index (χ0v) is 17.7. The predicted molar refractivity (Wildman–Crippen MR) is 109 cm³/mol. The van der Waals surface area contributed by atoms with E-state index in [1.165, 1.54) is 24.3 Å². The Kier molecular flexibility index (Phi) is 5.19. The van der Waals surface area contributed by atoms with Crippen molar-refractivity contribution in [3.8, 4) is 0 Å². The lowest BCUT2D eigenvalue weighted by molar-refractivity contribution is -0.135. The lowest BCUT2D eigenvalue weighted by Gasteiger charge is -2.30. The first-order chi connectivity index (χ1) is 12.5. The maximum absolute atomic E-state index is 12.9. The van der Waals surface area contributed by atoms with Gasteiger partial charge < -0.3 is 11.1 Å². The number of nitrogens with two attached hydrogens (primary N) is 1. The molecule has 11 heteroatoms. The summed E-state index contributed by atoms with van der Waals surface area (Å²) in [5, 5.41) is 1.80. The van der Waals surface area contributed by atoms with Gasteiger partial charge in [0.25, 0.3) is 0 Å². The lowest BCUT2D eigenvalue weighted by atomic mass is 9.79. The number of carbonyl (C=O) groups is 2. The number of rotatable bonds is 4. The maximum atomic E-state index is 12.9. The second-order valence-electron chi connectivity index (χ2n) is 5.90. The van der Waals surface area contributed by atoms with E-state index in [1.54, 1.807) is 12.1 Å². The second kappa shape index (κ2) is 7.01. The van der Waals surface area contributed by atoms with Crippen molar-refractivity contribution < 1.29 is 18.0 Å². The number of allylic oxidation sites excluding steroid dienone is 3. The Bertz CT molecular complexity index is 1130. The van der Waals surface area contributed by atoms with Gasteiger partial charge in [-0.1, -0.05) is 39.4 Å². The van der Waals surface area contributed by atoms with Crippen LogP contribution < -0.4 is 11.1 Å². The molecule has 1 aliphatic rings. The van der Waals surface area contributed by atoms with Crippen LogP contribution in [-0.2, 0) is 19.4 Å². The average Bonchev–Trinajstić information content (AvgIpc) is 2.97. The lowest BCUT2D eigenvalue weighted by Crippen LogP contribution is -2.51. The largest absolute Gasteiger partial charge is 0.368 e. The summed E-state index contributed by atoms with van der Waals surface area (Å²) >= 11 is 10.5. The van der Waals surface area contributed by atoms with E-state index in [2.05, 4.69) is 26.2 Å². The van der Waals surface area contributed by atoms with E-state index < -0.39 is 32.4 Å². The number of halogens is 2. The molecule has 1 aromatic carbocycles. The zero-order valence-electron chi connectivity index (χ0n) is 13.8. The second-order valence-corrected chi connectivity index (χ2v) is 10.3. The van der Waals surface area contributed by atoms with Gasteiger partial charge in [-0.25, -0.2) is 13.4 Å². The number of anilines is 1. The molecule has 0 bridgehead atoms. The topological polar surface area (TPSA) is 119 Å². The van der Waals surface area contributed by atoms with E-state index in [4.69, 9.17) is 17.3 Å². The maximum Gasteiger partial charge on any atom is 0.247 e. The van der Waals surface area contributed by atoms with Crippen molar-refractivity contribution in [2.24, 2.45) is 11.1 Å². The van der Waals surface area contributed by atoms with Gasteiger partial charge in [0.15, 0.2) is 20.4 Å². The number of nitrogens with one attached hydrogen (secondary N) is 1. The van der Waals surface area contributed by atoms with E-state index >= 15 is 0 Å². The Morgan fingerprint density at radius 1 is 1.41 bits per heavy atom. The Morgan fingerprint density at radius 3 is 2.74 bits per heavy atom. The molecule has 3 N–H and O–H groups in total. The quantitative estimate of drug-likeness (QED) is 0.504. The molecule has 0 fully saturated rings. The van der Waals surface area contributed by atoms with Gasteiger partial charge in [0, 0.05) is 10.7 Å². The van der Waals surface area contributed by atoms with Crippen LogP contribution in [0.3, 0.4) is 0 Å². The van der Waals surface area contributed by atoms with E-state index in [0.717, 1.165) is 17.6 Å². The molecule has 2 amide bonds. The third-order valence-electron chi connectivity index (χ3n) is 4.02. The number of sulfone groups is 1. The Labute approximate surface area is 172 Å². The molecule has 3 rings (SSSR count). The number of nitrogens with zero attached hydrogens (tertiary/aromatic N) is 1. The van der Waals surface area contributed by atoms with Crippen molar-refractivity contribution in [3.05, 3.63) is 40.9 Å². The molecule has 2 unspecified atom stereocenters. The van der Waals surface area contributed by atoms with Gasteiger partial charge >= 0.3 is 0 Å². The number of benzene rings is 1. The van der Waals surface area contributed by atoms with Crippen LogP contribution in [-0.4, -0.2) is 36.8 Å². The molecule has 0 radical (unpaired) electrons. The highest BCUT2D eigenvalue weighted by Crippen LogP contribution is 2.38. The molecule has 7 nitrogen and oxygen atoms in total. The van der Waals surface area contributed by atoms with E-state index in [0.29, 0.717) is 14.7 Å². The first-order valence-corrected chi connectivity index (χ1v) is 11.4. The molecule has 0 saturated carbocycles. The molecule has 1 aliphatic carbocycles. The van der Waals surface area contributed by atoms with Gasteiger partial charge in [0.05, 0.1) is 20.5 Å². The van der Waals surface area contributed by atoms with Crippen molar-refractivity contribution in [1.29, 1.82) is 0 Å². The van der Waals surface area contributed by atoms with Crippen LogP contribution in [0.2, 0.25) is 0 Å². The molecular weight excluding hydrogens is 478 g/mol. The summed E-state index contributed by atoms with van der Waals surface area (Å²) < 4.78 is 24.4. The monoisotopic (exact) mass is 489 g/mol. The summed E-state index contributed by atoms with van der Waals surface area (Å²) in [5.74, 6) is -1.62. The van der Waals surface area contributed by atoms with Crippen LogP contribution in [0.25, 0.3) is 10.2 Å². The van der Waals surface area contributed by atoms with E-state index in [9.17, 15) is 18.0 Å². The normalized spacial score (nSPS) is 22.5. The summed E-state index contributed by atoms with van der Waals surface area (Å²) in [6.45, 7) is 0. The number of amides is 2. The smallest absolute Gasteiger partial charge is 0.247 e. The van der Waals surface area contributed by atoms with Crippen LogP contribution in [0.1, 0.15) is 0 Å². The standard InChI is InChI=1S/C16H13BrClN3O4S2/c1-27(24,25)9-3-4-10-11(6-9)26-15(20-10)21-14(23)16(13(19)22)7-8(17)2-5-12(16)18/h2-7,12H,1H3,(H2,19,22)(H,20,21,23). The van der Waals surface area contributed by atoms with Gasteiger partial charge in [-0.3, -0.25) is 9.59 Å². The Hall–Kier alpha value is -1.75. The highest BCUT2D eigenvalue weighted by molar-refractivity contribution is 9.11. The third-order valence-corrected chi connectivity index (χ3v) is 7.04. The first kappa shape index (κ1) is 20.0. The molecular formula is C16H13BrClN3O4S2. The Morgan fingerprint density at radius 2 is 2.11 bits per heavy atom. The number of fused-ring (bicyclic) bond motifs is 1. The summed E-state index contributed by atoms with van der Waals surface area (Å²) in [6, 6.07) is 4.46. The predicted octanol–water partition coefficient (Wildman–Crippen LogP) is 2.57. The molecule has 1 heterocycles. The van der Waals surface area contributed by atoms with Crippen molar-refractivity contribution >= 4 is 75.9 Å². The average molecular weight is 491 g/mol. The minimum absolute atomic E-state index is 0.148. The van der Waals surface area contributed by atoms with Crippen molar-refractivity contribution in [2.75, 3.05) is 11.6 Å². The van der Waals surface area contributed by atoms with Crippen LogP contribution in [0, 0.1) is 5.41 Å². The van der Waals surface area contributed by atoms with Crippen LogP contribution in [0.4, 0.5) is 5.13 Å². The van der Waals surface area contributed by atoms with Gasteiger partial charge in [-0.2, -0.15) is 0 Å². The summed E-state index contributed by atoms with van der Waals surface area (Å²) in [5.41, 5.74) is 4.21. The van der Waals surface area contributed by atoms with Crippen molar-refractivity contribution in [2.45, 2.75) is 10.3 Å². The SMILES string of the molecule is CS(=O)(=O)c1ccc2nc(NC(=O)C3(C(N)=O)C=C(Br)C=CC3Cl)sc2c1. The fourth-order valence-electron chi connectivity index (χ4n) is 2.57. The fourth-order valence-corrected chi connectivity index (χ4v) is 5.05. The van der Waals surface area contributed by atoms with Gasteiger partial charge in [-0.05, 0) is 24.3 Å². The number of hydrogen-bond donors (Lipinski definition) is 2. The van der Waals surface area contributed by atoms with E-state index in [-0.39, 0.29) is 10.0 Å². The Balaban J connectivity index is 1.97. The fraction of sp³-hybridized carbons (Fsp3) is 0.188. The number of alkyl halides is 1. The van der Waals surface area contributed by atoms with Crippen molar-refractivity contribution in [1.82, 2.24) is 4.98 Å². The molecule has 27 heavy (non-hydrogen) atoms. The van der Waals surface area contributed by atoms with E-state index in [1.807, 2.05) is 0 Å². The van der Waals surface area contributed by atoms with Gasteiger partial charge in [-0.15, -0.1) is 11.6 Å². The number of primary amides is 1. The van der Waals surface area contributed by atoms with Crippen LogP contribution >= 0.6 is 38.9 Å². The van der Waals surface area contributed by atoms with Gasteiger partial charge in [0.2, 0.25) is 11.8 Å². The molecule has 142 valence electrons. The molecule has 0 aliphatic heterocycles.